The van der Waals surface area contributed by atoms with E-state index in [0.717, 1.165) is 17.1 Å². The van der Waals surface area contributed by atoms with Gasteiger partial charge in [0, 0.05) is 12.2 Å². The Morgan fingerprint density at radius 2 is 2.07 bits per heavy atom. The molecule has 1 rings (SSSR count). The maximum absolute atomic E-state index is 8.66. The molecule has 82 valence electrons. The third-order valence-corrected chi connectivity index (χ3v) is 2.03. The lowest BCUT2D eigenvalue weighted by Crippen LogP contribution is -1.89. The molecule has 0 aliphatic rings. The van der Waals surface area contributed by atoms with Crippen LogP contribution in [0.5, 0.6) is 11.5 Å². The highest BCUT2D eigenvalue weighted by Crippen LogP contribution is 2.25. The Morgan fingerprint density at radius 1 is 1.27 bits per heavy atom. The van der Waals surface area contributed by atoms with Crippen LogP contribution < -0.4 is 9.47 Å². The standard InChI is InChI=1S/C12H16O3/c1-14-11-6-7-12(15-2)10(9-11)5-3-4-8-13/h3,5-7,9,13H,4,8H2,1-2H3. The number of hydrogen-bond acceptors (Lipinski definition) is 3. The Bertz CT molecular complexity index is 332. The zero-order valence-corrected chi connectivity index (χ0v) is 9.06. The minimum Gasteiger partial charge on any atom is -0.497 e. The van der Waals surface area contributed by atoms with Gasteiger partial charge in [-0.3, -0.25) is 0 Å². The van der Waals surface area contributed by atoms with E-state index in [0.29, 0.717) is 6.42 Å². The van der Waals surface area contributed by atoms with Crippen molar-refractivity contribution >= 4 is 6.08 Å². The van der Waals surface area contributed by atoms with Crippen molar-refractivity contribution < 1.29 is 14.6 Å². The van der Waals surface area contributed by atoms with Gasteiger partial charge >= 0.3 is 0 Å². The highest BCUT2D eigenvalue weighted by molar-refractivity contribution is 5.59. The van der Waals surface area contributed by atoms with Crippen molar-refractivity contribution in [3.05, 3.63) is 29.8 Å². The molecule has 0 aliphatic carbocycles. The molecule has 0 aliphatic heterocycles. The first-order chi connectivity index (χ1) is 7.31. The van der Waals surface area contributed by atoms with E-state index in [1.54, 1.807) is 14.2 Å². The molecule has 0 fully saturated rings. The normalized spacial score (nSPS) is 10.6. The van der Waals surface area contributed by atoms with E-state index in [1.165, 1.54) is 0 Å². The first kappa shape index (κ1) is 11.6. The van der Waals surface area contributed by atoms with Crippen LogP contribution in [0.4, 0.5) is 0 Å². The lowest BCUT2D eigenvalue weighted by molar-refractivity contribution is 0.303. The molecule has 15 heavy (non-hydrogen) atoms. The SMILES string of the molecule is COc1ccc(OC)c(C=CCCO)c1. The number of hydrogen-bond donors (Lipinski definition) is 1. The third-order valence-electron chi connectivity index (χ3n) is 2.03. The molecule has 0 heterocycles. The summed E-state index contributed by atoms with van der Waals surface area (Å²) in [6.07, 6.45) is 4.45. The summed E-state index contributed by atoms with van der Waals surface area (Å²) in [5, 5.41) is 8.66. The maximum Gasteiger partial charge on any atom is 0.126 e. The Balaban J connectivity index is 2.90. The van der Waals surface area contributed by atoms with Crippen LogP contribution in [0.15, 0.2) is 24.3 Å². The van der Waals surface area contributed by atoms with Gasteiger partial charge in [-0.15, -0.1) is 0 Å². The summed E-state index contributed by atoms with van der Waals surface area (Å²) in [4.78, 5) is 0. The summed E-state index contributed by atoms with van der Waals surface area (Å²) in [5.74, 6) is 1.59. The maximum atomic E-state index is 8.66. The van der Waals surface area contributed by atoms with Gasteiger partial charge in [0.15, 0.2) is 0 Å². The predicted octanol–water partition coefficient (Wildman–Crippen LogP) is 2.10. The van der Waals surface area contributed by atoms with Gasteiger partial charge in [0.2, 0.25) is 0 Å². The van der Waals surface area contributed by atoms with E-state index in [9.17, 15) is 0 Å². The minimum absolute atomic E-state index is 0.156. The molecule has 0 atom stereocenters. The molecule has 1 aromatic rings. The van der Waals surface area contributed by atoms with Crippen molar-refractivity contribution in [2.75, 3.05) is 20.8 Å². The average Bonchev–Trinajstić information content (AvgIpc) is 2.29. The zero-order valence-electron chi connectivity index (χ0n) is 9.06. The third kappa shape index (κ3) is 3.29. The molecule has 3 heteroatoms. The summed E-state index contributed by atoms with van der Waals surface area (Å²) in [7, 11) is 3.26. The second kappa shape index (κ2) is 6.09. The summed E-state index contributed by atoms with van der Waals surface area (Å²) in [6, 6.07) is 5.60. The molecule has 0 saturated carbocycles. The summed E-state index contributed by atoms with van der Waals surface area (Å²) in [5.41, 5.74) is 0.949. The first-order valence-electron chi connectivity index (χ1n) is 4.81. The van der Waals surface area contributed by atoms with Gasteiger partial charge in [0.25, 0.3) is 0 Å². The summed E-state index contributed by atoms with van der Waals surface area (Å²) >= 11 is 0. The van der Waals surface area contributed by atoms with Gasteiger partial charge in [-0.05, 0) is 24.6 Å². The second-order valence-electron chi connectivity index (χ2n) is 3.02. The number of aliphatic hydroxyl groups excluding tert-OH is 1. The van der Waals surface area contributed by atoms with E-state index in [4.69, 9.17) is 14.6 Å². The van der Waals surface area contributed by atoms with Crippen LogP contribution in [0.2, 0.25) is 0 Å². The van der Waals surface area contributed by atoms with Crippen molar-refractivity contribution in [2.45, 2.75) is 6.42 Å². The topological polar surface area (TPSA) is 38.7 Å². The van der Waals surface area contributed by atoms with Crippen LogP contribution in [0.25, 0.3) is 6.08 Å². The highest BCUT2D eigenvalue weighted by Gasteiger charge is 2.00. The molecule has 3 nitrogen and oxygen atoms in total. The fourth-order valence-electron chi connectivity index (χ4n) is 1.25. The minimum atomic E-state index is 0.156. The molecule has 0 amide bonds. The quantitative estimate of drug-likeness (QED) is 0.805. The zero-order chi connectivity index (χ0) is 11.1. The van der Waals surface area contributed by atoms with Gasteiger partial charge in [0.1, 0.15) is 11.5 Å². The lowest BCUT2D eigenvalue weighted by atomic mass is 10.1. The van der Waals surface area contributed by atoms with Gasteiger partial charge in [-0.25, -0.2) is 0 Å². The molecule has 0 unspecified atom stereocenters. The van der Waals surface area contributed by atoms with Crippen LogP contribution in [0.1, 0.15) is 12.0 Å². The largest absolute Gasteiger partial charge is 0.497 e. The van der Waals surface area contributed by atoms with E-state index >= 15 is 0 Å². The number of ether oxygens (including phenoxy) is 2. The molecule has 0 spiro atoms. The number of benzene rings is 1. The number of methoxy groups -OCH3 is 2. The van der Waals surface area contributed by atoms with E-state index in [-0.39, 0.29) is 6.61 Å². The van der Waals surface area contributed by atoms with Crippen LogP contribution in [-0.4, -0.2) is 25.9 Å². The van der Waals surface area contributed by atoms with Crippen LogP contribution in [-0.2, 0) is 0 Å². The number of rotatable bonds is 5. The van der Waals surface area contributed by atoms with Crippen molar-refractivity contribution in [2.24, 2.45) is 0 Å². The molecule has 1 N–H and O–H groups in total. The van der Waals surface area contributed by atoms with E-state index in [2.05, 4.69) is 0 Å². The summed E-state index contributed by atoms with van der Waals surface area (Å²) in [6.45, 7) is 0.156. The Kier molecular flexibility index (Phi) is 4.71. The first-order valence-corrected chi connectivity index (χ1v) is 4.81. The van der Waals surface area contributed by atoms with Gasteiger partial charge < -0.3 is 14.6 Å². The number of aliphatic hydroxyl groups is 1. The predicted molar refractivity (Wildman–Crippen MR) is 60.3 cm³/mol. The van der Waals surface area contributed by atoms with Crippen molar-refractivity contribution in [3.8, 4) is 11.5 Å². The molecule has 1 aromatic carbocycles. The van der Waals surface area contributed by atoms with Gasteiger partial charge in [0.05, 0.1) is 14.2 Å². The monoisotopic (exact) mass is 208 g/mol. The smallest absolute Gasteiger partial charge is 0.126 e. The van der Waals surface area contributed by atoms with Crippen molar-refractivity contribution in [1.82, 2.24) is 0 Å². The average molecular weight is 208 g/mol. The van der Waals surface area contributed by atoms with Crippen molar-refractivity contribution in [1.29, 1.82) is 0 Å². The Hall–Kier alpha value is -1.48. The van der Waals surface area contributed by atoms with Crippen LogP contribution >= 0.6 is 0 Å². The fraction of sp³-hybridized carbons (Fsp3) is 0.333. The van der Waals surface area contributed by atoms with Crippen molar-refractivity contribution in [3.63, 3.8) is 0 Å². The van der Waals surface area contributed by atoms with Crippen LogP contribution in [0.3, 0.4) is 0 Å². The highest BCUT2D eigenvalue weighted by atomic mass is 16.5. The fourth-order valence-corrected chi connectivity index (χ4v) is 1.25. The van der Waals surface area contributed by atoms with E-state index in [1.807, 2.05) is 30.4 Å². The molecular weight excluding hydrogens is 192 g/mol. The Morgan fingerprint density at radius 3 is 2.67 bits per heavy atom. The summed E-state index contributed by atoms with van der Waals surface area (Å²) < 4.78 is 10.3. The lowest BCUT2D eigenvalue weighted by Gasteiger charge is -2.06. The van der Waals surface area contributed by atoms with E-state index < -0.39 is 0 Å². The molecule has 0 saturated heterocycles. The second-order valence-corrected chi connectivity index (χ2v) is 3.02. The molecular formula is C12H16O3. The molecule has 0 bridgehead atoms. The Labute approximate surface area is 90.0 Å². The molecule has 0 radical (unpaired) electrons. The van der Waals surface area contributed by atoms with Gasteiger partial charge in [-0.2, -0.15) is 0 Å². The molecule has 0 aromatic heterocycles. The van der Waals surface area contributed by atoms with Gasteiger partial charge in [-0.1, -0.05) is 12.2 Å². The van der Waals surface area contributed by atoms with Crippen LogP contribution in [0, 0.1) is 0 Å².